The van der Waals surface area contributed by atoms with Gasteiger partial charge in [-0.25, -0.2) is 0 Å². The van der Waals surface area contributed by atoms with E-state index in [1.54, 1.807) is 43.6 Å². The van der Waals surface area contributed by atoms with Crippen molar-refractivity contribution in [3.8, 4) is 0 Å². The molecule has 1 heterocycles. The smallest absolute Gasteiger partial charge is 0.306 e. The number of esters is 1. The van der Waals surface area contributed by atoms with Crippen molar-refractivity contribution in [2.75, 3.05) is 7.05 Å². The Hall–Kier alpha value is -1.85. The van der Waals surface area contributed by atoms with E-state index in [-0.39, 0.29) is 24.7 Å². The van der Waals surface area contributed by atoms with Crippen LogP contribution < -0.4 is 0 Å². The molecule has 0 saturated carbocycles. The molecule has 1 aromatic heterocycles. The number of ether oxygens (including phenoxy) is 1. The van der Waals surface area contributed by atoms with Gasteiger partial charge in [-0.15, -0.1) is 0 Å². The predicted octanol–water partition coefficient (Wildman–Crippen LogP) is 1.50. The zero-order valence-corrected chi connectivity index (χ0v) is 12.8. The number of aryl methyl sites for hydroxylation is 1. The molecule has 1 rings (SSSR count). The number of hydrogen-bond acceptors (Lipinski definition) is 4. The summed E-state index contributed by atoms with van der Waals surface area (Å²) < 4.78 is 6.86. The van der Waals surface area contributed by atoms with Crippen LogP contribution in [0.15, 0.2) is 12.4 Å². The van der Waals surface area contributed by atoms with Crippen LogP contribution in [0.5, 0.6) is 0 Å². The summed E-state index contributed by atoms with van der Waals surface area (Å²) in [5.74, 6) is -0.430. The summed E-state index contributed by atoms with van der Waals surface area (Å²) in [6, 6.07) is 0. The molecule has 0 spiro atoms. The summed E-state index contributed by atoms with van der Waals surface area (Å²) in [6.45, 7) is 5.91. The van der Waals surface area contributed by atoms with Crippen LogP contribution in [0.2, 0.25) is 0 Å². The van der Waals surface area contributed by atoms with Crippen molar-refractivity contribution in [3.63, 3.8) is 0 Å². The van der Waals surface area contributed by atoms with Gasteiger partial charge in [0.25, 0.3) is 0 Å². The quantitative estimate of drug-likeness (QED) is 0.767. The molecule has 0 fully saturated rings. The topological polar surface area (TPSA) is 64.4 Å². The van der Waals surface area contributed by atoms with Crippen LogP contribution in [0.3, 0.4) is 0 Å². The zero-order valence-electron chi connectivity index (χ0n) is 12.8. The SMILES string of the molecule is CN(Cc1cnn(C)c1)C(=O)CCC(=O)OC(C)(C)C. The zero-order chi connectivity index (χ0) is 15.3. The second-order valence-electron chi connectivity index (χ2n) is 5.86. The maximum absolute atomic E-state index is 11.9. The lowest BCUT2D eigenvalue weighted by atomic mass is 10.2. The first-order valence-electron chi connectivity index (χ1n) is 6.61. The molecular weight excluding hydrogens is 258 g/mol. The van der Waals surface area contributed by atoms with Gasteiger partial charge in [-0.2, -0.15) is 5.10 Å². The fourth-order valence-electron chi connectivity index (χ4n) is 1.71. The molecule has 6 nitrogen and oxygen atoms in total. The number of aromatic nitrogens is 2. The largest absolute Gasteiger partial charge is 0.460 e. The summed E-state index contributed by atoms with van der Waals surface area (Å²) in [4.78, 5) is 25.0. The molecule has 0 atom stereocenters. The van der Waals surface area contributed by atoms with Crippen LogP contribution in [0.25, 0.3) is 0 Å². The first-order valence-corrected chi connectivity index (χ1v) is 6.61. The molecule has 0 aliphatic carbocycles. The second-order valence-corrected chi connectivity index (χ2v) is 5.86. The van der Waals surface area contributed by atoms with Crippen LogP contribution in [0, 0.1) is 0 Å². The maximum atomic E-state index is 11.9. The minimum atomic E-state index is -0.512. The molecule has 0 N–H and O–H groups in total. The molecular formula is C14H23N3O3. The summed E-state index contributed by atoms with van der Waals surface area (Å²) in [5, 5.41) is 4.05. The van der Waals surface area contributed by atoms with Gasteiger partial charge in [0.1, 0.15) is 5.60 Å². The predicted molar refractivity (Wildman–Crippen MR) is 74.8 cm³/mol. The fraction of sp³-hybridized carbons (Fsp3) is 0.643. The van der Waals surface area contributed by atoms with Gasteiger partial charge in [-0.3, -0.25) is 14.3 Å². The summed E-state index contributed by atoms with van der Waals surface area (Å²) >= 11 is 0. The summed E-state index contributed by atoms with van der Waals surface area (Å²) in [5.41, 5.74) is 0.447. The molecule has 1 aromatic rings. The van der Waals surface area contributed by atoms with E-state index in [1.807, 2.05) is 13.2 Å². The molecule has 0 saturated heterocycles. The minimum Gasteiger partial charge on any atom is -0.460 e. The monoisotopic (exact) mass is 281 g/mol. The van der Waals surface area contributed by atoms with Gasteiger partial charge >= 0.3 is 5.97 Å². The summed E-state index contributed by atoms with van der Waals surface area (Å²) in [6.07, 6.45) is 3.84. The average Bonchev–Trinajstić information content (AvgIpc) is 2.69. The van der Waals surface area contributed by atoms with E-state index in [0.717, 1.165) is 5.56 Å². The lowest BCUT2D eigenvalue weighted by Gasteiger charge is -2.20. The number of amides is 1. The lowest BCUT2D eigenvalue weighted by molar-refractivity contribution is -0.156. The molecule has 1 amide bonds. The van der Waals surface area contributed by atoms with Crippen molar-refractivity contribution in [3.05, 3.63) is 18.0 Å². The third-order valence-corrected chi connectivity index (χ3v) is 2.57. The van der Waals surface area contributed by atoms with Gasteiger partial charge in [0.15, 0.2) is 0 Å². The van der Waals surface area contributed by atoms with Crippen molar-refractivity contribution < 1.29 is 14.3 Å². The van der Waals surface area contributed by atoms with Gasteiger partial charge < -0.3 is 9.64 Å². The average molecular weight is 281 g/mol. The molecule has 112 valence electrons. The highest BCUT2D eigenvalue weighted by Gasteiger charge is 2.18. The Kier molecular flexibility index (Phi) is 5.30. The lowest BCUT2D eigenvalue weighted by Crippen LogP contribution is -2.28. The third kappa shape index (κ3) is 5.86. The van der Waals surface area contributed by atoms with E-state index in [9.17, 15) is 9.59 Å². The van der Waals surface area contributed by atoms with E-state index in [0.29, 0.717) is 6.54 Å². The standard InChI is InChI=1S/C14H23N3O3/c1-14(2,3)20-13(19)7-6-12(18)16(4)9-11-8-15-17(5)10-11/h8,10H,6-7,9H2,1-5H3. The van der Waals surface area contributed by atoms with E-state index >= 15 is 0 Å². The molecule has 20 heavy (non-hydrogen) atoms. The van der Waals surface area contributed by atoms with Gasteiger partial charge in [-0.1, -0.05) is 0 Å². The highest BCUT2D eigenvalue weighted by molar-refractivity contribution is 5.81. The number of rotatable bonds is 5. The Bertz CT molecular complexity index is 474. The highest BCUT2D eigenvalue weighted by Crippen LogP contribution is 2.10. The maximum Gasteiger partial charge on any atom is 0.306 e. The van der Waals surface area contributed by atoms with Crippen molar-refractivity contribution >= 4 is 11.9 Å². The Morgan fingerprint density at radius 3 is 2.50 bits per heavy atom. The Labute approximate surface area is 119 Å². The fourth-order valence-corrected chi connectivity index (χ4v) is 1.71. The number of carbonyl (C=O) groups is 2. The van der Waals surface area contributed by atoms with Crippen molar-refractivity contribution in [2.24, 2.45) is 7.05 Å². The Morgan fingerprint density at radius 1 is 1.35 bits per heavy atom. The van der Waals surface area contributed by atoms with Crippen LogP contribution in [-0.4, -0.2) is 39.2 Å². The van der Waals surface area contributed by atoms with Crippen molar-refractivity contribution in [1.29, 1.82) is 0 Å². The van der Waals surface area contributed by atoms with E-state index in [1.165, 1.54) is 0 Å². The van der Waals surface area contributed by atoms with Crippen molar-refractivity contribution in [2.45, 2.75) is 45.8 Å². The number of carbonyl (C=O) groups excluding carboxylic acids is 2. The minimum absolute atomic E-state index is 0.0836. The van der Waals surface area contributed by atoms with Gasteiger partial charge in [0.2, 0.25) is 5.91 Å². The van der Waals surface area contributed by atoms with Crippen LogP contribution in [-0.2, 0) is 27.9 Å². The number of nitrogens with zero attached hydrogens (tertiary/aromatic N) is 3. The first kappa shape index (κ1) is 16.2. The van der Waals surface area contributed by atoms with E-state index in [4.69, 9.17) is 4.74 Å². The molecule has 0 aliphatic rings. The molecule has 0 unspecified atom stereocenters. The molecule has 0 bridgehead atoms. The van der Waals surface area contributed by atoms with Crippen LogP contribution in [0.1, 0.15) is 39.2 Å². The van der Waals surface area contributed by atoms with E-state index < -0.39 is 5.60 Å². The van der Waals surface area contributed by atoms with Crippen LogP contribution in [0.4, 0.5) is 0 Å². The Balaban J connectivity index is 2.37. The number of hydrogen-bond donors (Lipinski definition) is 0. The van der Waals surface area contributed by atoms with E-state index in [2.05, 4.69) is 5.10 Å². The second kappa shape index (κ2) is 6.54. The third-order valence-electron chi connectivity index (χ3n) is 2.57. The Morgan fingerprint density at radius 2 is 2.00 bits per heavy atom. The van der Waals surface area contributed by atoms with Gasteiger partial charge in [0.05, 0.1) is 12.6 Å². The van der Waals surface area contributed by atoms with Crippen molar-refractivity contribution in [1.82, 2.24) is 14.7 Å². The molecule has 0 radical (unpaired) electrons. The van der Waals surface area contributed by atoms with Gasteiger partial charge in [0, 0.05) is 38.8 Å². The summed E-state index contributed by atoms with van der Waals surface area (Å²) in [7, 11) is 3.54. The van der Waals surface area contributed by atoms with Gasteiger partial charge in [-0.05, 0) is 20.8 Å². The molecule has 0 aromatic carbocycles. The van der Waals surface area contributed by atoms with Crippen LogP contribution >= 0.6 is 0 Å². The highest BCUT2D eigenvalue weighted by atomic mass is 16.6. The molecule has 0 aliphatic heterocycles. The normalized spacial score (nSPS) is 11.2. The molecule has 6 heteroatoms. The first-order chi connectivity index (χ1) is 9.17.